The second kappa shape index (κ2) is 6.91. The third-order valence-corrected chi connectivity index (χ3v) is 3.37. The van der Waals surface area contributed by atoms with Crippen LogP contribution in [-0.4, -0.2) is 23.9 Å². The lowest BCUT2D eigenvalue weighted by Crippen LogP contribution is -2.24. The van der Waals surface area contributed by atoms with E-state index in [1.54, 1.807) is 25.1 Å². The molecule has 23 heavy (non-hydrogen) atoms. The monoisotopic (exact) mass is 315 g/mol. The Morgan fingerprint density at radius 3 is 2.39 bits per heavy atom. The highest BCUT2D eigenvalue weighted by molar-refractivity contribution is 5.99. The van der Waals surface area contributed by atoms with E-state index in [2.05, 4.69) is 0 Å². The van der Waals surface area contributed by atoms with Gasteiger partial charge in [-0.3, -0.25) is 14.9 Å². The summed E-state index contributed by atoms with van der Waals surface area (Å²) in [6.45, 7) is 3.49. The van der Waals surface area contributed by atoms with Crippen molar-refractivity contribution in [2.45, 2.75) is 20.0 Å². The van der Waals surface area contributed by atoms with Gasteiger partial charge in [-0.1, -0.05) is 29.8 Å². The molecule has 0 saturated carbocycles. The molecule has 6 nitrogen and oxygen atoms in total. The molecule has 0 fully saturated rings. The number of Topliss-reactive ketones (excluding diaryl/α,β-unsaturated/α-hetero) is 1. The molecule has 0 unspecified atom stereocenters. The highest BCUT2D eigenvalue weighted by Gasteiger charge is 2.22. The third-order valence-electron chi connectivity index (χ3n) is 3.37. The van der Waals surface area contributed by atoms with Crippen LogP contribution in [0.2, 0.25) is 0 Å². The van der Waals surface area contributed by atoms with Gasteiger partial charge in [0.25, 0.3) is 0 Å². The zero-order valence-electron chi connectivity index (χ0n) is 13.1. The van der Waals surface area contributed by atoms with Gasteiger partial charge in [0.2, 0.25) is 5.78 Å². The minimum absolute atomic E-state index is 0.0313. The number of nitro groups is 1. The molecule has 0 aromatic heterocycles. The summed E-state index contributed by atoms with van der Waals surface area (Å²) >= 11 is 0. The topological polar surface area (TPSA) is 78.7 Å². The van der Waals surface area contributed by atoms with Gasteiger partial charge in [-0.2, -0.15) is 0 Å². The average Bonchev–Trinajstić information content (AvgIpc) is 2.55. The zero-order chi connectivity index (χ0) is 17.0. The summed E-state index contributed by atoms with van der Waals surface area (Å²) in [5.74, 6) is 0.139. The Kier molecular flexibility index (Phi) is 4.95. The fourth-order valence-electron chi connectivity index (χ4n) is 2.06. The molecule has 0 heterocycles. The number of hydrogen-bond acceptors (Lipinski definition) is 5. The van der Waals surface area contributed by atoms with Crippen LogP contribution in [0.15, 0.2) is 42.5 Å². The van der Waals surface area contributed by atoms with E-state index in [9.17, 15) is 14.9 Å². The second-order valence-corrected chi connectivity index (χ2v) is 5.08. The molecule has 120 valence electrons. The number of benzene rings is 2. The van der Waals surface area contributed by atoms with Gasteiger partial charge >= 0.3 is 5.69 Å². The number of aryl methyl sites for hydroxylation is 1. The number of ketones is 1. The minimum atomic E-state index is -0.843. The number of methoxy groups -OCH3 is 1. The van der Waals surface area contributed by atoms with Gasteiger partial charge < -0.3 is 9.47 Å². The molecule has 0 N–H and O–H groups in total. The lowest BCUT2D eigenvalue weighted by Gasteiger charge is -2.14. The van der Waals surface area contributed by atoms with Gasteiger partial charge in [0.1, 0.15) is 5.75 Å². The Bertz CT molecular complexity index is 724. The Morgan fingerprint density at radius 1 is 1.17 bits per heavy atom. The molecule has 1 atom stereocenters. The number of nitrogens with zero attached hydrogens (tertiary/aromatic N) is 1. The molecule has 2 aromatic rings. The van der Waals surface area contributed by atoms with Crippen LogP contribution in [0.1, 0.15) is 22.8 Å². The summed E-state index contributed by atoms with van der Waals surface area (Å²) in [5.41, 5.74) is 1.30. The van der Waals surface area contributed by atoms with E-state index in [4.69, 9.17) is 9.47 Å². The van der Waals surface area contributed by atoms with Crippen LogP contribution in [0, 0.1) is 17.0 Å². The molecule has 0 radical (unpaired) electrons. The molecular formula is C17H17NO5. The predicted octanol–water partition coefficient (Wildman–Crippen LogP) is 3.56. The molecule has 0 saturated heterocycles. The van der Waals surface area contributed by atoms with Gasteiger partial charge in [0.05, 0.1) is 18.1 Å². The van der Waals surface area contributed by atoms with Gasteiger partial charge in [-0.15, -0.1) is 0 Å². The van der Waals surface area contributed by atoms with E-state index in [1.165, 1.54) is 19.2 Å². The molecule has 0 amide bonds. The Morgan fingerprint density at radius 2 is 1.83 bits per heavy atom. The van der Waals surface area contributed by atoms with Crippen LogP contribution in [-0.2, 0) is 0 Å². The number of carbonyl (C=O) groups is 1. The van der Waals surface area contributed by atoms with Crippen molar-refractivity contribution in [3.63, 3.8) is 0 Å². The Balaban J connectivity index is 2.22. The molecular weight excluding hydrogens is 298 g/mol. The zero-order valence-corrected chi connectivity index (χ0v) is 13.1. The van der Waals surface area contributed by atoms with E-state index >= 15 is 0 Å². The standard InChI is InChI=1S/C17H17NO5/c1-11-4-6-13(7-5-11)17(19)12(2)23-16-9-8-14(22-3)10-15(16)18(20)21/h4-10,12H,1-3H3/t12-/m0/s1. The summed E-state index contributed by atoms with van der Waals surface area (Å²) < 4.78 is 10.5. The summed E-state index contributed by atoms with van der Waals surface area (Å²) in [4.78, 5) is 22.9. The van der Waals surface area contributed by atoms with Crippen molar-refractivity contribution >= 4 is 11.5 Å². The van der Waals surface area contributed by atoms with Gasteiger partial charge in [0.15, 0.2) is 11.9 Å². The van der Waals surface area contributed by atoms with Crippen LogP contribution in [0.25, 0.3) is 0 Å². The summed E-state index contributed by atoms with van der Waals surface area (Å²) in [6.07, 6.45) is -0.843. The second-order valence-electron chi connectivity index (χ2n) is 5.08. The van der Waals surface area contributed by atoms with Gasteiger partial charge in [-0.25, -0.2) is 0 Å². The van der Waals surface area contributed by atoms with E-state index in [1.807, 2.05) is 19.1 Å². The maximum atomic E-state index is 12.3. The first-order valence-corrected chi connectivity index (χ1v) is 7.02. The quantitative estimate of drug-likeness (QED) is 0.462. The first kappa shape index (κ1) is 16.5. The molecule has 0 aliphatic rings. The smallest absolute Gasteiger partial charge is 0.314 e. The maximum absolute atomic E-state index is 12.3. The van der Waals surface area contributed by atoms with E-state index in [-0.39, 0.29) is 17.2 Å². The number of rotatable bonds is 6. The normalized spacial score (nSPS) is 11.6. The fraction of sp³-hybridized carbons (Fsp3) is 0.235. The van der Waals surface area contributed by atoms with Crippen LogP contribution < -0.4 is 9.47 Å². The van der Waals surface area contributed by atoms with Crippen molar-refractivity contribution in [2.75, 3.05) is 7.11 Å². The Hall–Kier alpha value is -2.89. The summed E-state index contributed by atoms with van der Waals surface area (Å²) in [7, 11) is 1.42. The van der Waals surface area contributed by atoms with Crippen molar-refractivity contribution in [1.29, 1.82) is 0 Å². The highest BCUT2D eigenvalue weighted by atomic mass is 16.6. The molecule has 0 aliphatic carbocycles. The largest absolute Gasteiger partial charge is 0.496 e. The number of nitro benzene ring substituents is 1. The Labute approximate surface area is 133 Å². The SMILES string of the molecule is COc1ccc(O[C@@H](C)C(=O)c2ccc(C)cc2)c([N+](=O)[O-])c1. The van der Waals surface area contributed by atoms with Crippen molar-refractivity contribution in [3.8, 4) is 11.5 Å². The minimum Gasteiger partial charge on any atom is -0.496 e. The van der Waals surface area contributed by atoms with Crippen molar-refractivity contribution in [3.05, 3.63) is 63.7 Å². The first-order chi connectivity index (χ1) is 10.9. The number of ether oxygens (including phenoxy) is 2. The summed E-state index contributed by atoms with van der Waals surface area (Å²) in [6, 6.07) is 11.3. The van der Waals surface area contributed by atoms with E-state index in [0.29, 0.717) is 11.3 Å². The van der Waals surface area contributed by atoms with Crippen molar-refractivity contribution in [2.24, 2.45) is 0 Å². The van der Waals surface area contributed by atoms with Crippen LogP contribution in [0.4, 0.5) is 5.69 Å². The molecule has 2 rings (SSSR count). The summed E-state index contributed by atoms with van der Waals surface area (Å²) in [5, 5.41) is 11.1. The number of carbonyl (C=O) groups excluding carboxylic acids is 1. The van der Waals surface area contributed by atoms with Crippen molar-refractivity contribution in [1.82, 2.24) is 0 Å². The lowest BCUT2D eigenvalue weighted by atomic mass is 10.1. The predicted molar refractivity (Wildman–Crippen MR) is 85.2 cm³/mol. The van der Waals surface area contributed by atoms with E-state index < -0.39 is 11.0 Å². The average molecular weight is 315 g/mol. The van der Waals surface area contributed by atoms with E-state index in [0.717, 1.165) is 5.56 Å². The molecule has 0 bridgehead atoms. The molecule has 0 aliphatic heterocycles. The first-order valence-electron chi connectivity index (χ1n) is 7.02. The third kappa shape index (κ3) is 3.85. The van der Waals surface area contributed by atoms with Crippen LogP contribution in [0.5, 0.6) is 11.5 Å². The fourth-order valence-corrected chi connectivity index (χ4v) is 2.06. The van der Waals surface area contributed by atoms with Gasteiger partial charge in [0, 0.05) is 5.56 Å². The number of hydrogen-bond donors (Lipinski definition) is 0. The maximum Gasteiger partial charge on any atom is 0.314 e. The van der Waals surface area contributed by atoms with Crippen LogP contribution >= 0.6 is 0 Å². The molecule has 0 spiro atoms. The van der Waals surface area contributed by atoms with Crippen molar-refractivity contribution < 1.29 is 19.2 Å². The van der Waals surface area contributed by atoms with Gasteiger partial charge in [-0.05, 0) is 26.0 Å². The molecule has 6 heteroatoms. The molecule has 2 aromatic carbocycles. The lowest BCUT2D eigenvalue weighted by molar-refractivity contribution is -0.386. The van der Waals surface area contributed by atoms with Crippen LogP contribution in [0.3, 0.4) is 0 Å². The highest BCUT2D eigenvalue weighted by Crippen LogP contribution is 2.32.